The maximum absolute atomic E-state index is 5.73. The number of nitrogens with two attached hydrogens (primary N) is 4. The van der Waals surface area contributed by atoms with Gasteiger partial charge in [-0.2, -0.15) is 10.2 Å². The molecule has 0 saturated carbocycles. The van der Waals surface area contributed by atoms with Gasteiger partial charge in [-0.25, -0.2) is 9.97 Å². The first-order valence-corrected chi connectivity index (χ1v) is 6.49. The average Bonchev–Trinajstić information content (AvgIpc) is 2.52. The Balaban J connectivity index is 2.61. The highest BCUT2D eigenvalue weighted by Gasteiger charge is 2.10. The summed E-state index contributed by atoms with van der Waals surface area (Å²) in [6.45, 7) is 3.84. The van der Waals surface area contributed by atoms with Crippen molar-refractivity contribution in [3.8, 4) is 11.4 Å². The van der Waals surface area contributed by atoms with Crippen molar-refractivity contribution in [3.63, 3.8) is 0 Å². The van der Waals surface area contributed by atoms with Crippen LogP contribution in [0.25, 0.3) is 11.4 Å². The number of hydrazone groups is 2. The summed E-state index contributed by atoms with van der Waals surface area (Å²) < 4.78 is 0. The number of aromatic nitrogens is 2. The molecule has 0 radical (unpaired) electrons. The monoisotopic (exact) mass is 298 g/mol. The number of aryl methyl sites for hydroxylation is 2. The molecule has 0 aliphatic heterocycles. The van der Waals surface area contributed by atoms with E-state index in [4.69, 9.17) is 23.2 Å². The molecule has 0 aromatic carbocycles. The van der Waals surface area contributed by atoms with Crippen LogP contribution in [0.4, 0.5) is 0 Å². The van der Waals surface area contributed by atoms with E-state index in [1.807, 2.05) is 26.0 Å². The molecule has 8 nitrogen and oxygen atoms in total. The van der Waals surface area contributed by atoms with Crippen LogP contribution >= 0.6 is 0 Å². The fourth-order valence-electron chi connectivity index (χ4n) is 1.99. The van der Waals surface area contributed by atoms with Crippen molar-refractivity contribution in [1.82, 2.24) is 9.97 Å². The van der Waals surface area contributed by atoms with Crippen LogP contribution in [0.5, 0.6) is 0 Å². The third-order valence-electron chi connectivity index (χ3n) is 3.00. The normalized spacial score (nSPS) is 12.5. The van der Waals surface area contributed by atoms with Crippen LogP contribution in [0.1, 0.15) is 22.5 Å². The summed E-state index contributed by atoms with van der Waals surface area (Å²) in [6, 6.07) is 7.35. The van der Waals surface area contributed by atoms with Gasteiger partial charge in [0.25, 0.3) is 0 Å². The van der Waals surface area contributed by atoms with Gasteiger partial charge in [-0.05, 0) is 49.2 Å². The summed E-state index contributed by atoms with van der Waals surface area (Å²) in [4.78, 5) is 8.86. The van der Waals surface area contributed by atoms with Crippen LogP contribution in [0.2, 0.25) is 0 Å². The molecule has 0 amide bonds. The third kappa shape index (κ3) is 3.11. The first kappa shape index (κ1) is 15.2. The van der Waals surface area contributed by atoms with Gasteiger partial charge in [0.05, 0.1) is 11.4 Å². The Kier molecular flexibility index (Phi) is 4.21. The lowest BCUT2D eigenvalue weighted by atomic mass is 10.1. The molecule has 0 bridgehead atoms. The molecule has 114 valence electrons. The minimum Gasteiger partial charge on any atom is -0.380 e. The topological polar surface area (TPSA) is 155 Å². The SMILES string of the molecule is Cc1cc(/C(N)=N/N)nc(-c2cc(C)cc(/C(N)=N/N)n2)c1. The number of hydrogen-bond acceptors (Lipinski definition) is 6. The summed E-state index contributed by atoms with van der Waals surface area (Å²) in [5, 5.41) is 6.93. The van der Waals surface area contributed by atoms with Crippen LogP contribution in [-0.2, 0) is 0 Å². The molecular formula is C14H18N8. The van der Waals surface area contributed by atoms with E-state index in [0.717, 1.165) is 11.1 Å². The number of amidine groups is 2. The number of nitrogens with zero attached hydrogens (tertiary/aromatic N) is 4. The molecule has 2 rings (SSSR count). The van der Waals surface area contributed by atoms with Gasteiger partial charge in [0, 0.05) is 0 Å². The fraction of sp³-hybridized carbons (Fsp3) is 0.143. The Morgan fingerprint density at radius 2 is 1.14 bits per heavy atom. The van der Waals surface area contributed by atoms with E-state index in [2.05, 4.69) is 20.2 Å². The molecule has 0 atom stereocenters. The Morgan fingerprint density at radius 1 is 0.773 bits per heavy atom. The zero-order valence-electron chi connectivity index (χ0n) is 12.4. The van der Waals surface area contributed by atoms with Gasteiger partial charge in [-0.1, -0.05) is 0 Å². The first-order chi connectivity index (χ1) is 10.4. The van der Waals surface area contributed by atoms with E-state index in [9.17, 15) is 0 Å². The molecule has 0 aliphatic carbocycles. The largest absolute Gasteiger partial charge is 0.380 e. The van der Waals surface area contributed by atoms with E-state index in [1.165, 1.54) is 0 Å². The number of pyridine rings is 2. The second-order valence-corrected chi connectivity index (χ2v) is 4.86. The smallest absolute Gasteiger partial charge is 0.168 e. The Morgan fingerprint density at radius 3 is 1.45 bits per heavy atom. The third-order valence-corrected chi connectivity index (χ3v) is 3.00. The lowest BCUT2D eigenvalue weighted by molar-refractivity contribution is 1.15. The van der Waals surface area contributed by atoms with Crippen LogP contribution in [0.15, 0.2) is 34.5 Å². The van der Waals surface area contributed by atoms with Crippen LogP contribution in [-0.4, -0.2) is 21.6 Å². The second-order valence-electron chi connectivity index (χ2n) is 4.86. The van der Waals surface area contributed by atoms with Crippen LogP contribution in [0, 0.1) is 13.8 Å². The van der Waals surface area contributed by atoms with Crippen molar-refractivity contribution in [3.05, 3.63) is 46.8 Å². The summed E-state index contributed by atoms with van der Waals surface area (Å²) >= 11 is 0. The van der Waals surface area contributed by atoms with Crippen LogP contribution < -0.4 is 23.2 Å². The quantitative estimate of drug-likeness (QED) is 0.269. The highest BCUT2D eigenvalue weighted by atomic mass is 15.2. The Labute approximate surface area is 127 Å². The van der Waals surface area contributed by atoms with Gasteiger partial charge >= 0.3 is 0 Å². The predicted molar refractivity (Wildman–Crippen MR) is 86.8 cm³/mol. The standard InChI is InChI=1S/C14H18N8/c1-7-3-9(19-11(5-7)13(15)21-17)10-4-8(2)6-12(20-10)14(16)22-18/h3-6H,17-18H2,1-2H3,(H2,15,21)(H2,16,22). The molecule has 0 aliphatic rings. The maximum atomic E-state index is 5.73. The number of rotatable bonds is 3. The number of hydrogen-bond donors (Lipinski definition) is 4. The molecule has 22 heavy (non-hydrogen) atoms. The molecule has 0 spiro atoms. The average molecular weight is 298 g/mol. The second kappa shape index (κ2) is 6.08. The van der Waals surface area contributed by atoms with Crippen LogP contribution in [0.3, 0.4) is 0 Å². The highest BCUT2D eigenvalue weighted by molar-refractivity contribution is 5.97. The fourth-order valence-corrected chi connectivity index (χ4v) is 1.99. The predicted octanol–water partition coefficient (Wildman–Crippen LogP) is -0.0816. The highest BCUT2D eigenvalue weighted by Crippen LogP contribution is 2.19. The lowest BCUT2D eigenvalue weighted by Crippen LogP contribution is -2.19. The summed E-state index contributed by atoms with van der Waals surface area (Å²) in [7, 11) is 0. The lowest BCUT2D eigenvalue weighted by Gasteiger charge is -2.08. The van der Waals surface area contributed by atoms with Crippen molar-refractivity contribution in [1.29, 1.82) is 0 Å². The van der Waals surface area contributed by atoms with Gasteiger partial charge in [-0.15, -0.1) is 0 Å². The molecular weight excluding hydrogens is 280 g/mol. The maximum Gasteiger partial charge on any atom is 0.168 e. The van der Waals surface area contributed by atoms with Crippen molar-refractivity contribution in [2.75, 3.05) is 0 Å². The van der Waals surface area contributed by atoms with E-state index in [-0.39, 0.29) is 11.7 Å². The van der Waals surface area contributed by atoms with Crippen molar-refractivity contribution < 1.29 is 0 Å². The summed E-state index contributed by atoms with van der Waals surface area (Å²) in [5.74, 6) is 10.7. The zero-order valence-corrected chi connectivity index (χ0v) is 12.4. The molecule has 8 N–H and O–H groups in total. The van der Waals surface area contributed by atoms with Gasteiger partial charge in [0.2, 0.25) is 0 Å². The molecule has 0 fully saturated rings. The van der Waals surface area contributed by atoms with E-state index in [0.29, 0.717) is 22.8 Å². The van der Waals surface area contributed by atoms with Gasteiger partial charge in [0.1, 0.15) is 11.4 Å². The molecule has 8 heteroatoms. The van der Waals surface area contributed by atoms with E-state index < -0.39 is 0 Å². The minimum atomic E-state index is 0.154. The summed E-state index contributed by atoms with van der Waals surface area (Å²) in [6.07, 6.45) is 0. The van der Waals surface area contributed by atoms with Crippen molar-refractivity contribution in [2.45, 2.75) is 13.8 Å². The van der Waals surface area contributed by atoms with Crippen molar-refractivity contribution in [2.24, 2.45) is 33.4 Å². The molecule has 0 unspecified atom stereocenters. The Hall–Kier alpha value is -3.16. The first-order valence-electron chi connectivity index (χ1n) is 6.49. The zero-order chi connectivity index (χ0) is 16.3. The molecule has 0 saturated heterocycles. The molecule has 2 heterocycles. The van der Waals surface area contributed by atoms with E-state index >= 15 is 0 Å². The Bertz CT molecular complexity index is 698. The van der Waals surface area contributed by atoms with Gasteiger partial charge in [-0.3, -0.25) is 0 Å². The van der Waals surface area contributed by atoms with Gasteiger partial charge < -0.3 is 23.2 Å². The molecule has 2 aromatic rings. The van der Waals surface area contributed by atoms with E-state index in [1.54, 1.807) is 12.1 Å². The van der Waals surface area contributed by atoms with Crippen molar-refractivity contribution >= 4 is 11.7 Å². The van der Waals surface area contributed by atoms with Gasteiger partial charge in [0.15, 0.2) is 11.7 Å². The summed E-state index contributed by atoms with van der Waals surface area (Å²) in [5.41, 5.74) is 15.6. The minimum absolute atomic E-state index is 0.154. The molecule has 2 aromatic heterocycles.